The van der Waals surface area contributed by atoms with Crippen molar-refractivity contribution >= 4 is 0 Å². The van der Waals surface area contributed by atoms with Crippen LogP contribution in [0.15, 0.2) is 134 Å². The fourth-order valence-corrected chi connectivity index (χ4v) is 4.97. The van der Waals surface area contributed by atoms with Crippen LogP contribution in [0.25, 0.3) is 17.2 Å². The summed E-state index contributed by atoms with van der Waals surface area (Å²) >= 11 is 0. The van der Waals surface area contributed by atoms with Crippen molar-refractivity contribution in [3.8, 4) is 17.2 Å². The number of rotatable bonds is 6. The average molecular weight is 468 g/mol. The molecule has 0 bridgehead atoms. The molecule has 36 heavy (non-hydrogen) atoms. The summed E-state index contributed by atoms with van der Waals surface area (Å²) in [7, 11) is 0. The predicted octanol–water partition coefficient (Wildman–Crippen LogP) is 6.28. The van der Waals surface area contributed by atoms with Crippen LogP contribution in [-0.4, -0.2) is 24.8 Å². The van der Waals surface area contributed by atoms with Crippen LogP contribution in [-0.2, 0) is 5.54 Å². The van der Waals surface area contributed by atoms with E-state index in [2.05, 4.69) is 130 Å². The monoisotopic (exact) mass is 467 g/mol. The molecular weight excluding hydrogens is 442 g/mol. The number of benzene rings is 4. The van der Waals surface area contributed by atoms with Crippen LogP contribution in [0.5, 0.6) is 0 Å². The van der Waals surface area contributed by atoms with Crippen molar-refractivity contribution in [1.82, 2.24) is 24.8 Å². The quantitative estimate of drug-likeness (QED) is 0.271. The molecule has 0 fully saturated rings. The van der Waals surface area contributed by atoms with Crippen molar-refractivity contribution in [2.75, 3.05) is 0 Å². The Kier molecular flexibility index (Phi) is 5.51. The molecule has 0 saturated carbocycles. The molecule has 5 nitrogen and oxygen atoms in total. The first kappa shape index (κ1) is 21.7. The molecule has 0 aliphatic heterocycles. The number of hydrogen-bond donors (Lipinski definition) is 0. The molecule has 4 aromatic carbocycles. The van der Waals surface area contributed by atoms with Crippen molar-refractivity contribution in [2.24, 2.45) is 0 Å². The Bertz CT molecular complexity index is 1470. The van der Waals surface area contributed by atoms with E-state index < -0.39 is 5.54 Å². The summed E-state index contributed by atoms with van der Waals surface area (Å²) < 4.78 is 4.10. The maximum Gasteiger partial charge on any atom is 0.200 e. The van der Waals surface area contributed by atoms with Gasteiger partial charge in [-0.05, 0) is 58.3 Å². The van der Waals surface area contributed by atoms with Gasteiger partial charge in [-0.15, -0.1) is 5.10 Å². The van der Waals surface area contributed by atoms with E-state index in [9.17, 15) is 0 Å². The van der Waals surface area contributed by atoms with Gasteiger partial charge >= 0.3 is 0 Å². The van der Waals surface area contributed by atoms with Crippen LogP contribution in [0.1, 0.15) is 22.3 Å². The van der Waals surface area contributed by atoms with Gasteiger partial charge in [0.2, 0.25) is 5.82 Å². The van der Waals surface area contributed by atoms with Crippen molar-refractivity contribution in [2.45, 2.75) is 12.5 Å². The van der Waals surface area contributed by atoms with E-state index in [1.807, 2.05) is 35.1 Å². The highest BCUT2D eigenvalue weighted by Crippen LogP contribution is 2.42. The van der Waals surface area contributed by atoms with Crippen LogP contribution in [0, 0.1) is 6.92 Å². The summed E-state index contributed by atoms with van der Waals surface area (Å²) in [6.07, 6.45) is 2.05. The molecule has 0 atom stereocenters. The highest BCUT2D eigenvalue weighted by atomic mass is 15.6. The topological polar surface area (TPSA) is 48.5 Å². The Morgan fingerprint density at radius 1 is 0.583 bits per heavy atom. The Morgan fingerprint density at radius 2 is 1.11 bits per heavy atom. The third-order valence-electron chi connectivity index (χ3n) is 6.65. The number of aromatic nitrogens is 5. The second-order valence-electron chi connectivity index (χ2n) is 8.82. The highest BCUT2D eigenvalue weighted by molar-refractivity contribution is 5.59. The molecule has 174 valence electrons. The fourth-order valence-electron chi connectivity index (χ4n) is 4.97. The minimum atomic E-state index is -0.787. The molecule has 0 amide bonds. The molecule has 6 aromatic rings. The lowest BCUT2D eigenvalue weighted by Crippen LogP contribution is -2.39. The maximum atomic E-state index is 4.66. The normalized spacial score (nSPS) is 11.5. The molecule has 0 aliphatic carbocycles. The average Bonchev–Trinajstić information content (AvgIpc) is 3.62. The van der Waals surface area contributed by atoms with Gasteiger partial charge in [0.25, 0.3) is 0 Å². The van der Waals surface area contributed by atoms with Crippen LogP contribution >= 0.6 is 0 Å². The van der Waals surface area contributed by atoms with E-state index in [0.717, 1.165) is 28.1 Å². The third-order valence-corrected chi connectivity index (χ3v) is 6.65. The zero-order valence-electron chi connectivity index (χ0n) is 19.9. The molecule has 6 rings (SSSR count). The Hall–Kier alpha value is -4.77. The van der Waals surface area contributed by atoms with Crippen LogP contribution in [0.2, 0.25) is 0 Å². The van der Waals surface area contributed by atoms with E-state index in [1.54, 1.807) is 0 Å². The van der Waals surface area contributed by atoms with E-state index in [-0.39, 0.29) is 0 Å². The predicted molar refractivity (Wildman–Crippen MR) is 142 cm³/mol. The Morgan fingerprint density at radius 3 is 1.64 bits per heavy atom. The van der Waals surface area contributed by atoms with Crippen molar-refractivity contribution < 1.29 is 0 Å². The first-order chi connectivity index (χ1) is 17.8. The van der Waals surface area contributed by atoms with Gasteiger partial charge < -0.3 is 4.57 Å². The van der Waals surface area contributed by atoms with E-state index >= 15 is 0 Å². The van der Waals surface area contributed by atoms with Gasteiger partial charge in [-0.25, -0.2) is 4.68 Å². The van der Waals surface area contributed by atoms with Gasteiger partial charge in [0.15, 0.2) is 0 Å². The van der Waals surface area contributed by atoms with Crippen molar-refractivity contribution in [1.29, 1.82) is 0 Å². The van der Waals surface area contributed by atoms with Crippen LogP contribution < -0.4 is 0 Å². The lowest BCUT2D eigenvalue weighted by Gasteiger charge is -2.36. The molecule has 0 radical (unpaired) electrons. The number of tetrazole rings is 1. The Labute approximate surface area is 210 Å². The molecule has 0 unspecified atom stereocenters. The SMILES string of the molecule is Cc1ccc(-n2cccc2-c2nnnn2C(c2ccccc2)(c2ccccc2)c2ccccc2)cc1. The smallest absolute Gasteiger partial charge is 0.200 e. The fraction of sp³-hybridized carbons (Fsp3) is 0.0645. The highest BCUT2D eigenvalue weighted by Gasteiger charge is 2.42. The van der Waals surface area contributed by atoms with E-state index in [0.29, 0.717) is 5.82 Å². The van der Waals surface area contributed by atoms with Gasteiger partial charge in [-0.1, -0.05) is 109 Å². The zero-order valence-corrected chi connectivity index (χ0v) is 19.9. The summed E-state index contributed by atoms with van der Waals surface area (Å²) in [5.41, 5.74) is 5.62. The first-order valence-electron chi connectivity index (χ1n) is 12.0. The minimum absolute atomic E-state index is 0.678. The molecule has 0 N–H and O–H groups in total. The van der Waals surface area contributed by atoms with Gasteiger partial charge in [0, 0.05) is 11.9 Å². The molecular formula is C31H25N5. The summed E-state index contributed by atoms with van der Waals surface area (Å²) in [6.45, 7) is 2.09. The van der Waals surface area contributed by atoms with Crippen molar-refractivity contribution in [3.63, 3.8) is 0 Å². The lowest BCUT2D eigenvalue weighted by molar-refractivity contribution is 0.450. The second-order valence-corrected chi connectivity index (χ2v) is 8.82. The van der Waals surface area contributed by atoms with Gasteiger partial charge in [0.1, 0.15) is 5.54 Å². The third kappa shape index (κ3) is 3.53. The van der Waals surface area contributed by atoms with Crippen molar-refractivity contribution in [3.05, 3.63) is 156 Å². The minimum Gasteiger partial charge on any atom is -0.314 e. The molecule has 0 spiro atoms. The summed E-state index contributed by atoms with van der Waals surface area (Å²) in [5, 5.41) is 13.5. The standard InChI is InChI=1S/C31H25N5/c1-24-19-21-28(22-20-24)35-23-11-18-29(35)30-32-33-34-36(30)31(25-12-5-2-6-13-25,26-14-7-3-8-15-26)27-16-9-4-10-17-27/h2-23H,1H3. The largest absolute Gasteiger partial charge is 0.314 e. The summed E-state index contributed by atoms with van der Waals surface area (Å²) in [6, 6.07) is 43.9. The van der Waals surface area contributed by atoms with Crippen LogP contribution in [0.3, 0.4) is 0 Å². The maximum absolute atomic E-state index is 4.66. The Balaban J connectivity index is 1.67. The second kappa shape index (κ2) is 9.12. The van der Waals surface area contributed by atoms with E-state index in [4.69, 9.17) is 0 Å². The zero-order chi connectivity index (χ0) is 24.4. The number of aryl methyl sites for hydroxylation is 1. The molecule has 5 heteroatoms. The number of nitrogens with zero attached hydrogens (tertiary/aromatic N) is 5. The van der Waals surface area contributed by atoms with Crippen LogP contribution in [0.4, 0.5) is 0 Å². The van der Waals surface area contributed by atoms with Gasteiger partial charge in [-0.3, -0.25) is 0 Å². The molecule has 0 aliphatic rings. The lowest BCUT2D eigenvalue weighted by atomic mass is 9.77. The van der Waals surface area contributed by atoms with Gasteiger partial charge in [-0.2, -0.15) is 0 Å². The molecule has 0 saturated heterocycles. The summed E-state index contributed by atoms with van der Waals surface area (Å²) in [4.78, 5) is 0. The molecule has 2 heterocycles. The number of hydrogen-bond acceptors (Lipinski definition) is 3. The van der Waals surface area contributed by atoms with Gasteiger partial charge in [0.05, 0.1) is 5.69 Å². The van der Waals surface area contributed by atoms with E-state index in [1.165, 1.54) is 5.56 Å². The summed E-state index contributed by atoms with van der Waals surface area (Å²) in [5.74, 6) is 0.678. The molecule has 2 aromatic heterocycles. The first-order valence-corrected chi connectivity index (χ1v) is 12.0.